The Kier molecular flexibility index (Phi) is 4.11. The molecule has 0 aromatic carbocycles. The van der Waals surface area contributed by atoms with E-state index in [1.165, 1.54) is 9.58 Å². The zero-order chi connectivity index (χ0) is 19.4. The lowest BCUT2D eigenvalue weighted by molar-refractivity contribution is -0.121. The molecule has 0 bridgehead atoms. The van der Waals surface area contributed by atoms with E-state index in [2.05, 4.69) is 10.3 Å². The molecule has 2 fully saturated rings. The van der Waals surface area contributed by atoms with Crippen LogP contribution in [0.25, 0.3) is 0 Å². The maximum atomic E-state index is 13.0. The molecule has 27 heavy (non-hydrogen) atoms. The van der Waals surface area contributed by atoms with Crippen molar-refractivity contribution >= 4 is 15.7 Å². The molecule has 9 nitrogen and oxygen atoms in total. The molecule has 0 aliphatic carbocycles. The maximum Gasteiger partial charge on any atom is 0.259 e. The third kappa shape index (κ3) is 3.14. The maximum absolute atomic E-state index is 13.0. The third-order valence-electron chi connectivity index (χ3n) is 5.03. The lowest BCUT2D eigenvalue weighted by Gasteiger charge is -2.52. The average Bonchev–Trinajstić information content (AvgIpc) is 3.11. The first-order chi connectivity index (χ1) is 12.7. The zero-order valence-electron chi connectivity index (χ0n) is 14.9. The zero-order valence-corrected chi connectivity index (χ0v) is 15.7. The van der Waals surface area contributed by atoms with Crippen molar-refractivity contribution in [2.45, 2.75) is 31.2 Å². The summed E-state index contributed by atoms with van der Waals surface area (Å²) in [5, 5.41) is 6.76. The fraction of sp³-hybridized carbons (Fsp3) is 0.562. The summed E-state index contributed by atoms with van der Waals surface area (Å²) in [7, 11) is -3.48. The van der Waals surface area contributed by atoms with E-state index in [1.807, 2.05) is 0 Å². The number of ether oxygens (including phenoxy) is 1. The van der Waals surface area contributed by atoms with Crippen LogP contribution in [-0.2, 0) is 21.1 Å². The fourth-order valence-corrected chi connectivity index (χ4v) is 5.52. The van der Waals surface area contributed by atoms with Crippen LogP contribution in [0.4, 0.5) is 4.39 Å². The number of carbonyl (C=O) groups is 1. The molecule has 2 aromatic heterocycles. The summed E-state index contributed by atoms with van der Waals surface area (Å²) in [6, 6.07) is 0. The summed E-state index contributed by atoms with van der Waals surface area (Å²) < 4.78 is 50.5. The quantitative estimate of drug-likeness (QED) is 0.733. The number of likely N-dealkylation sites (tertiary alicyclic amines) is 1. The largest absolute Gasteiger partial charge is 0.369 e. The van der Waals surface area contributed by atoms with Crippen molar-refractivity contribution in [2.24, 2.45) is 0 Å². The average molecular weight is 398 g/mol. The number of carbonyl (C=O) groups excluding carboxylic acids is 1. The molecule has 1 amide bonds. The van der Waals surface area contributed by atoms with Crippen LogP contribution >= 0.6 is 0 Å². The predicted molar refractivity (Wildman–Crippen MR) is 90.3 cm³/mol. The second kappa shape index (κ2) is 6.13. The highest BCUT2D eigenvalue weighted by Crippen LogP contribution is 2.34. The highest BCUT2D eigenvalue weighted by atomic mass is 32.2. The number of rotatable bonds is 3. The monoisotopic (exact) mass is 398 g/mol. The Bertz CT molecular complexity index is 973. The molecule has 146 valence electrons. The Morgan fingerprint density at radius 3 is 2.70 bits per heavy atom. The Morgan fingerprint density at radius 2 is 2.15 bits per heavy atom. The second-order valence-corrected chi connectivity index (χ2v) is 9.45. The molecule has 2 aliphatic heterocycles. The van der Waals surface area contributed by atoms with Gasteiger partial charge in [-0.25, -0.2) is 12.8 Å². The van der Waals surface area contributed by atoms with E-state index in [-0.39, 0.29) is 37.9 Å². The topological polar surface area (TPSA) is 108 Å². The molecule has 4 rings (SSSR count). The first kappa shape index (κ1) is 18.1. The lowest BCUT2D eigenvalue weighted by atomic mass is 9.94. The SMILES string of the molecule is Cc1noc(C)c1C(=O)N1CC2(C1)CS(=O)(=O)[C@@H](Cn1cc(F)cn1)CO2. The molecule has 1 atom stereocenters. The Hall–Kier alpha value is -2.27. The molecule has 11 heteroatoms. The molecule has 0 saturated carbocycles. The van der Waals surface area contributed by atoms with Gasteiger partial charge in [0, 0.05) is 0 Å². The number of nitrogens with zero attached hydrogens (tertiary/aromatic N) is 4. The van der Waals surface area contributed by atoms with Crippen LogP contribution in [0.15, 0.2) is 16.9 Å². The van der Waals surface area contributed by atoms with Crippen molar-refractivity contribution in [2.75, 3.05) is 25.4 Å². The Morgan fingerprint density at radius 1 is 1.41 bits per heavy atom. The number of amides is 1. The molecule has 0 unspecified atom stereocenters. The van der Waals surface area contributed by atoms with Gasteiger partial charge >= 0.3 is 0 Å². The highest BCUT2D eigenvalue weighted by Gasteiger charge is 2.54. The molecule has 0 radical (unpaired) electrons. The van der Waals surface area contributed by atoms with Crippen LogP contribution in [0.5, 0.6) is 0 Å². The smallest absolute Gasteiger partial charge is 0.259 e. The molecule has 2 saturated heterocycles. The van der Waals surface area contributed by atoms with E-state index < -0.39 is 26.5 Å². The van der Waals surface area contributed by atoms with Gasteiger partial charge in [-0.05, 0) is 13.8 Å². The van der Waals surface area contributed by atoms with Crippen LogP contribution in [0.1, 0.15) is 21.8 Å². The summed E-state index contributed by atoms with van der Waals surface area (Å²) in [6.07, 6.45) is 2.18. The molecular formula is C16H19FN4O5S. The Labute approximate surface area is 155 Å². The normalized spacial score (nSPS) is 23.4. The summed E-state index contributed by atoms with van der Waals surface area (Å²) in [6.45, 7) is 3.74. The first-order valence-corrected chi connectivity index (χ1v) is 10.2. The molecule has 0 N–H and O–H groups in total. The van der Waals surface area contributed by atoms with Crippen LogP contribution in [0, 0.1) is 19.7 Å². The van der Waals surface area contributed by atoms with Crippen LogP contribution in [0.3, 0.4) is 0 Å². The standard InChI is InChI=1S/C16H19FN4O5S/c1-10-14(11(2)26-19-10)15(22)20-7-16(8-20)9-27(23,24)13(6-25-16)5-21-4-12(17)3-18-21/h3-4,13H,5-9H2,1-2H3/t13-/m0/s1. The number of hydrogen-bond donors (Lipinski definition) is 0. The number of aromatic nitrogens is 3. The molecular weight excluding hydrogens is 379 g/mol. The van der Waals surface area contributed by atoms with Crippen molar-refractivity contribution in [1.82, 2.24) is 19.8 Å². The number of halogens is 1. The third-order valence-corrected chi connectivity index (χ3v) is 7.26. The van der Waals surface area contributed by atoms with E-state index in [1.54, 1.807) is 13.8 Å². The first-order valence-electron chi connectivity index (χ1n) is 8.45. The van der Waals surface area contributed by atoms with Crippen molar-refractivity contribution < 1.29 is 26.9 Å². The summed E-state index contributed by atoms with van der Waals surface area (Å²) in [4.78, 5) is 14.1. The van der Waals surface area contributed by atoms with E-state index in [9.17, 15) is 17.6 Å². The number of sulfone groups is 1. The minimum absolute atomic E-state index is 0.0167. The number of aryl methyl sites for hydroxylation is 2. The Balaban J connectivity index is 1.42. The van der Waals surface area contributed by atoms with Gasteiger partial charge in [0.05, 0.1) is 50.1 Å². The van der Waals surface area contributed by atoms with E-state index >= 15 is 0 Å². The molecule has 4 heterocycles. The predicted octanol–water partition coefficient (Wildman–Crippen LogP) is 0.335. The van der Waals surface area contributed by atoms with Gasteiger partial charge in [0.25, 0.3) is 5.91 Å². The molecule has 2 aromatic rings. The van der Waals surface area contributed by atoms with Crippen molar-refractivity contribution in [3.8, 4) is 0 Å². The van der Waals surface area contributed by atoms with E-state index in [0.29, 0.717) is 17.0 Å². The second-order valence-electron chi connectivity index (χ2n) is 7.16. The van der Waals surface area contributed by atoms with Gasteiger partial charge in [-0.2, -0.15) is 5.10 Å². The van der Waals surface area contributed by atoms with Crippen molar-refractivity contribution in [1.29, 1.82) is 0 Å². The number of hydrogen-bond acceptors (Lipinski definition) is 7. The van der Waals surface area contributed by atoms with Gasteiger partial charge in [-0.1, -0.05) is 5.16 Å². The summed E-state index contributed by atoms with van der Waals surface area (Å²) in [5.74, 6) is -0.512. The van der Waals surface area contributed by atoms with E-state index in [4.69, 9.17) is 9.26 Å². The molecule has 1 spiro atoms. The van der Waals surface area contributed by atoms with Crippen LogP contribution in [-0.4, -0.2) is 70.5 Å². The molecule has 2 aliphatic rings. The van der Waals surface area contributed by atoms with Crippen LogP contribution in [0.2, 0.25) is 0 Å². The minimum atomic E-state index is -3.48. The van der Waals surface area contributed by atoms with Gasteiger partial charge in [-0.3, -0.25) is 9.48 Å². The van der Waals surface area contributed by atoms with Crippen LogP contribution < -0.4 is 0 Å². The summed E-state index contributed by atoms with van der Waals surface area (Å²) >= 11 is 0. The fourth-order valence-electron chi connectivity index (χ4n) is 3.63. The van der Waals surface area contributed by atoms with Gasteiger partial charge < -0.3 is 14.2 Å². The van der Waals surface area contributed by atoms with Gasteiger partial charge in [0.2, 0.25) is 0 Å². The van der Waals surface area contributed by atoms with Gasteiger partial charge in [-0.15, -0.1) is 0 Å². The minimum Gasteiger partial charge on any atom is -0.369 e. The van der Waals surface area contributed by atoms with Crippen molar-refractivity contribution in [3.63, 3.8) is 0 Å². The summed E-state index contributed by atoms with van der Waals surface area (Å²) in [5.41, 5.74) is 0.0172. The van der Waals surface area contributed by atoms with Gasteiger partial charge in [0.15, 0.2) is 15.7 Å². The highest BCUT2D eigenvalue weighted by molar-refractivity contribution is 7.92. The van der Waals surface area contributed by atoms with Gasteiger partial charge in [0.1, 0.15) is 22.2 Å². The van der Waals surface area contributed by atoms with E-state index in [0.717, 1.165) is 12.4 Å². The lowest BCUT2D eigenvalue weighted by Crippen LogP contribution is -2.70. The van der Waals surface area contributed by atoms with Crippen molar-refractivity contribution in [3.05, 3.63) is 35.2 Å².